The van der Waals surface area contributed by atoms with Crippen LogP contribution >= 0.6 is 51.4 Å². The fraction of sp³-hybridized carbons (Fsp3) is 0.0833. The van der Waals surface area contributed by atoms with Crippen molar-refractivity contribution in [2.75, 3.05) is 5.32 Å². The van der Waals surface area contributed by atoms with E-state index >= 15 is 0 Å². The summed E-state index contributed by atoms with van der Waals surface area (Å²) >= 11 is 8.48. The molecule has 148 valence electrons. The van der Waals surface area contributed by atoms with Crippen LogP contribution < -0.4 is 5.32 Å². The van der Waals surface area contributed by atoms with E-state index in [0.717, 1.165) is 12.1 Å². The molecule has 3 aromatic rings. The van der Waals surface area contributed by atoms with Gasteiger partial charge in [0.25, 0.3) is 15.1 Å². The van der Waals surface area contributed by atoms with Gasteiger partial charge in [-0.05, 0) is 44.5 Å². The monoisotopic (exact) mass is 515 g/mol. The lowest BCUT2D eigenvalue weighted by Crippen LogP contribution is -2.26. The molecule has 0 aliphatic carbocycles. The molecular formula is C12H6BrClF3N7O2S2. The molecule has 1 atom stereocenters. The fourth-order valence-electron chi connectivity index (χ4n) is 1.96. The van der Waals surface area contributed by atoms with Crippen molar-refractivity contribution in [3.8, 4) is 0 Å². The molecule has 0 fully saturated rings. The second-order valence-corrected chi connectivity index (χ2v) is 9.84. The number of hydrogen-bond acceptors (Lipinski definition) is 9. The molecule has 9 nitrogen and oxygen atoms in total. The normalized spacial score (nSPS) is 13.6. The molecule has 28 heavy (non-hydrogen) atoms. The number of imidazole rings is 1. The zero-order valence-electron chi connectivity index (χ0n) is 13.1. The van der Waals surface area contributed by atoms with Gasteiger partial charge in [0.15, 0.2) is 16.6 Å². The Kier molecular flexibility index (Phi) is 6.18. The van der Waals surface area contributed by atoms with E-state index in [4.69, 9.17) is 11.8 Å². The van der Waals surface area contributed by atoms with Crippen LogP contribution in [0.15, 0.2) is 29.7 Å². The molecule has 1 aromatic carbocycles. The van der Waals surface area contributed by atoms with Gasteiger partial charge in [0.1, 0.15) is 21.5 Å². The Bertz CT molecular complexity index is 1050. The Morgan fingerprint density at radius 1 is 1.39 bits per heavy atom. The molecule has 0 amide bonds. The van der Waals surface area contributed by atoms with Gasteiger partial charge in [-0.2, -0.15) is 0 Å². The number of fused-ring (bicyclic) bond motifs is 1. The van der Waals surface area contributed by atoms with Crippen molar-refractivity contribution in [1.82, 2.24) is 24.6 Å². The minimum absolute atomic E-state index is 0.0245. The van der Waals surface area contributed by atoms with Crippen LogP contribution in [0, 0.1) is 21.7 Å². The molecule has 3 rings (SSSR count). The number of nitrogens with zero attached hydrogens (tertiary/aromatic N) is 5. The van der Waals surface area contributed by atoms with E-state index in [1.54, 1.807) is 0 Å². The number of anilines is 2. The first-order valence-electron chi connectivity index (χ1n) is 6.94. The minimum atomic E-state index is -2.10. The lowest BCUT2D eigenvalue weighted by molar-refractivity contribution is -0.286. The quantitative estimate of drug-likeness (QED) is 0.0529. The first-order valence-corrected chi connectivity index (χ1v) is 9.66. The Morgan fingerprint density at radius 3 is 2.79 bits per heavy atom. The summed E-state index contributed by atoms with van der Waals surface area (Å²) in [4.78, 5) is 25.6. The Balaban J connectivity index is 2.00. The van der Waals surface area contributed by atoms with Gasteiger partial charge in [0.2, 0.25) is 0 Å². The largest absolute Gasteiger partial charge is 0.340 e. The smallest absolute Gasteiger partial charge is 0.289 e. The predicted molar refractivity (Wildman–Crippen MR) is 102 cm³/mol. The Labute approximate surface area is 175 Å². The molecule has 2 N–H and O–H groups in total. The molecule has 0 aliphatic rings. The molecule has 2 heterocycles. The summed E-state index contributed by atoms with van der Waals surface area (Å²) in [6.07, 6.45) is 1.29. The van der Waals surface area contributed by atoms with Crippen LogP contribution in [0.2, 0.25) is 0 Å². The third-order valence-electron chi connectivity index (χ3n) is 3.06. The van der Waals surface area contributed by atoms with Crippen molar-refractivity contribution in [2.45, 2.75) is 8.27 Å². The van der Waals surface area contributed by atoms with Crippen molar-refractivity contribution < 1.29 is 17.6 Å². The van der Waals surface area contributed by atoms with Crippen LogP contribution in [0.4, 0.5) is 24.8 Å². The molecule has 0 spiro atoms. The number of aromatic nitrogens is 4. The van der Waals surface area contributed by atoms with E-state index in [9.17, 15) is 23.4 Å². The zero-order valence-corrected chi connectivity index (χ0v) is 17.0. The maximum absolute atomic E-state index is 13.9. The molecule has 0 saturated carbocycles. The van der Waals surface area contributed by atoms with E-state index in [-0.39, 0.29) is 39.8 Å². The summed E-state index contributed by atoms with van der Waals surface area (Å²) < 4.78 is 37.2. The van der Waals surface area contributed by atoms with E-state index in [0.29, 0.717) is 17.8 Å². The van der Waals surface area contributed by atoms with Crippen LogP contribution in [-0.4, -0.2) is 32.0 Å². The van der Waals surface area contributed by atoms with Crippen molar-refractivity contribution >= 4 is 74.1 Å². The highest BCUT2D eigenvalue weighted by Crippen LogP contribution is 2.50. The van der Waals surface area contributed by atoms with Gasteiger partial charge in [-0.25, -0.2) is 23.7 Å². The van der Waals surface area contributed by atoms with Crippen molar-refractivity contribution in [1.29, 1.82) is 0 Å². The molecule has 0 bridgehead atoms. The Hall–Kier alpha value is -1.81. The summed E-state index contributed by atoms with van der Waals surface area (Å²) in [6.45, 7) is 0. The molecule has 0 saturated heterocycles. The van der Waals surface area contributed by atoms with E-state index in [2.05, 4.69) is 41.2 Å². The van der Waals surface area contributed by atoms with Crippen LogP contribution in [0.1, 0.15) is 0 Å². The first kappa shape index (κ1) is 20.9. The van der Waals surface area contributed by atoms with E-state index in [1.165, 1.54) is 6.33 Å². The second kappa shape index (κ2) is 8.28. The van der Waals surface area contributed by atoms with Gasteiger partial charge in [0.05, 0.1) is 12.0 Å². The van der Waals surface area contributed by atoms with Crippen molar-refractivity contribution in [3.63, 3.8) is 0 Å². The number of rotatable bonds is 7. The summed E-state index contributed by atoms with van der Waals surface area (Å²) in [5.41, 5.74) is 0.294. The number of nitro groups is 1. The molecule has 16 heteroatoms. The number of H-pyrrole nitrogens is 1. The minimum Gasteiger partial charge on any atom is -0.340 e. The van der Waals surface area contributed by atoms with Crippen molar-refractivity contribution in [3.05, 3.63) is 46.3 Å². The fourth-order valence-corrected chi connectivity index (χ4v) is 4.31. The molecule has 0 aliphatic heterocycles. The SMILES string of the molecule is O=[N+]([O-])SC(Br)(Sc1nc(Nc2ccc(F)cc2F)c2[nH]cnc2n1)N(F)Cl. The third kappa shape index (κ3) is 4.60. The highest BCUT2D eigenvalue weighted by atomic mass is 79.9. The van der Waals surface area contributed by atoms with Gasteiger partial charge in [-0.1, -0.05) is 0 Å². The average Bonchev–Trinajstić information content (AvgIpc) is 3.05. The molecule has 1 unspecified atom stereocenters. The van der Waals surface area contributed by atoms with Gasteiger partial charge >= 0.3 is 0 Å². The van der Waals surface area contributed by atoms with Crippen LogP contribution in [0.25, 0.3) is 11.2 Å². The van der Waals surface area contributed by atoms with Gasteiger partial charge < -0.3 is 10.3 Å². The summed E-state index contributed by atoms with van der Waals surface area (Å²) in [7, 11) is 0. The van der Waals surface area contributed by atoms with Gasteiger partial charge in [-0.3, -0.25) is 10.1 Å². The van der Waals surface area contributed by atoms with Crippen LogP contribution in [0.5, 0.6) is 0 Å². The molecular weight excluding hydrogens is 511 g/mol. The van der Waals surface area contributed by atoms with E-state index in [1.807, 2.05) is 0 Å². The van der Waals surface area contributed by atoms with Crippen LogP contribution in [0.3, 0.4) is 0 Å². The first-order chi connectivity index (χ1) is 13.2. The third-order valence-corrected chi connectivity index (χ3v) is 6.73. The summed E-state index contributed by atoms with van der Waals surface area (Å²) in [6, 6.07) is 2.87. The Morgan fingerprint density at radius 2 is 2.14 bits per heavy atom. The number of alkyl halides is 1. The number of hydrogen-bond donors (Lipinski definition) is 2. The number of benzene rings is 1. The number of thioether (sulfide) groups is 1. The highest BCUT2D eigenvalue weighted by Gasteiger charge is 2.46. The van der Waals surface area contributed by atoms with Gasteiger partial charge in [-0.15, -0.1) is 4.48 Å². The number of halogens is 5. The van der Waals surface area contributed by atoms with Crippen molar-refractivity contribution in [2.24, 2.45) is 0 Å². The summed E-state index contributed by atoms with van der Waals surface area (Å²) in [5, 5.41) is 13.3. The second-order valence-electron chi connectivity index (χ2n) is 4.86. The summed E-state index contributed by atoms with van der Waals surface area (Å²) in [5.74, 6) is -1.62. The van der Waals surface area contributed by atoms with E-state index < -0.39 is 23.7 Å². The number of aromatic amines is 1. The lowest BCUT2D eigenvalue weighted by atomic mass is 10.3. The van der Waals surface area contributed by atoms with Crippen LogP contribution in [-0.2, 0) is 0 Å². The standard InChI is InChI=1S/C12H6BrClF3N7O2S2/c13-12(23(14)17,28-24(25)26)27-11-21-9-8(18-4-19-9)10(22-11)20-7-2-1-5(15)3-6(7)16/h1-4H,(H2,18,19,20,21,22). The average molecular weight is 517 g/mol. The predicted octanol–water partition coefficient (Wildman–Crippen LogP) is 4.74. The highest BCUT2D eigenvalue weighted by molar-refractivity contribution is 9.13. The molecule has 2 aromatic heterocycles. The topological polar surface area (TPSA) is 113 Å². The maximum atomic E-state index is 13.9. The van der Waals surface area contributed by atoms with Gasteiger partial charge in [0, 0.05) is 17.8 Å². The zero-order chi connectivity index (χ0) is 20.5. The lowest BCUT2D eigenvalue weighted by Gasteiger charge is -2.20. The molecule has 0 radical (unpaired) electrons. The maximum Gasteiger partial charge on any atom is 0.289 e. The number of nitrogens with one attached hydrogen (secondary N) is 2.